The molecule has 116 valence electrons. The van der Waals surface area contributed by atoms with Crippen molar-refractivity contribution >= 4 is 0 Å². The second-order valence-electron chi connectivity index (χ2n) is 5.99. The number of likely N-dealkylation sites (N-methyl/N-ethyl adjacent to an activating group) is 1. The van der Waals surface area contributed by atoms with Gasteiger partial charge in [-0.2, -0.15) is 0 Å². The minimum Gasteiger partial charge on any atom is -0.374 e. The number of ether oxygens (including phenoxy) is 1. The number of hydrogen-bond donors (Lipinski definition) is 1. The van der Waals surface area contributed by atoms with Crippen molar-refractivity contribution in [3.63, 3.8) is 0 Å². The summed E-state index contributed by atoms with van der Waals surface area (Å²) in [5.41, 5.74) is 0.998. The molecule has 1 saturated heterocycles. The van der Waals surface area contributed by atoms with E-state index in [-0.39, 0.29) is 17.7 Å². The highest BCUT2D eigenvalue weighted by Crippen LogP contribution is 2.31. The number of morpholine rings is 1. The molecule has 5 heteroatoms. The quantitative estimate of drug-likeness (QED) is 0.904. The zero-order chi connectivity index (χ0) is 14.8. The Morgan fingerprint density at radius 2 is 2.19 bits per heavy atom. The van der Waals surface area contributed by atoms with Crippen LogP contribution in [-0.2, 0) is 4.74 Å². The first-order valence-corrected chi connectivity index (χ1v) is 7.58. The van der Waals surface area contributed by atoms with Crippen LogP contribution in [-0.4, -0.2) is 43.8 Å². The standard InChI is InChI=1S/C16H22F2N2O/c1-20-7-8-21-14(10-19-13-5-6-13)15(20)11-3-2-4-12(9-11)16(17)18/h2-4,9,13-16,19H,5-8,10H2,1H3. The van der Waals surface area contributed by atoms with Gasteiger partial charge in [0.25, 0.3) is 6.43 Å². The molecule has 1 aliphatic heterocycles. The third-order valence-corrected chi connectivity index (χ3v) is 4.29. The van der Waals surface area contributed by atoms with Crippen LogP contribution in [0.1, 0.15) is 36.4 Å². The molecule has 0 aromatic heterocycles. The van der Waals surface area contributed by atoms with Crippen molar-refractivity contribution < 1.29 is 13.5 Å². The molecular formula is C16H22F2N2O. The average Bonchev–Trinajstić information content (AvgIpc) is 3.29. The summed E-state index contributed by atoms with van der Waals surface area (Å²) in [6.07, 6.45) is 0.0439. The number of rotatable bonds is 5. The summed E-state index contributed by atoms with van der Waals surface area (Å²) in [4.78, 5) is 2.20. The Balaban J connectivity index is 1.78. The van der Waals surface area contributed by atoms with Crippen molar-refractivity contribution in [3.05, 3.63) is 35.4 Å². The summed E-state index contributed by atoms with van der Waals surface area (Å²) in [5.74, 6) is 0. The van der Waals surface area contributed by atoms with Gasteiger partial charge in [-0.05, 0) is 31.5 Å². The normalized spacial score (nSPS) is 27.2. The summed E-state index contributed by atoms with van der Waals surface area (Å²) in [5, 5.41) is 3.48. The average molecular weight is 296 g/mol. The highest BCUT2D eigenvalue weighted by Gasteiger charge is 2.33. The maximum Gasteiger partial charge on any atom is 0.263 e. The van der Waals surface area contributed by atoms with E-state index in [0.29, 0.717) is 12.6 Å². The maximum absolute atomic E-state index is 12.9. The zero-order valence-corrected chi connectivity index (χ0v) is 12.3. The molecular weight excluding hydrogens is 274 g/mol. The SMILES string of the molecule is CN1CCOC(CNC2CC2)C1c1cccc(C(F)F)c1. The molecule has 1 aliphatic carbocycles. The predicted molar refractivity (Wildman–Crippen MR) is 77.5 cm³/mol. The summed E-state index contributed by atoms with van der Waals surface area (Å²) in [7, 11) is 2.03. The summed E-state index contributed by atoms with van der Waals surface area (Å²) >= 11 is 0. The Labute approximate surface area is 124 Å². The van der Waals surface area contributed by atoms with Crippen LogP contribution in [0.5, 0.6) is 0 Å². The van der Waals surface area contributed by atoms with Crippen LogP contribution in [0, 0.1) is 0 Å². The Hall–Kier alpha value is -1.04. The van der Waals surface area contributed by atoms with Crippen molar-refractivity contribution in [2.45, 2.75) is 37.5 Å². The van der Waals surface area contributed by atoms with Crippen LogP contribution < -0.4 is 5.32 Å². The van der Waals surface area contributed by atoms with Gasteiger partial charge in [0.15, 0.2) is 0 Å². The molecule has 1 aromatic rings. The van der Waals surface area contributed by atoms with Crippen LogP contribution in [0.25, 0.3) is 0 Å². The largest absolute Gasteiger partial charge is 0.374 e. The third kappa shape index (κ3) is 3.59. The van der Waals surface area contributed by atoms with E-state index in [2.05, 4.69) is 10.2 Å². The van der Waals surface area contributed by atoms with Crippen molar-refractivity contribution in [3.8, 4) is 0 Å². The van der Waals surface area contributed by atoms with Gasteiger partial charge in [0.2, 0.25) is 0 Å². The lowest BCUT2D eigenvalue weighted by molar-refractivity contribution is -0.0615. The number of hydrogen-bond acceptors (Lipinski definition) is 3. The first-order chi connectivity index (χ1) is 10.1. The van der Waals surface area contributed by atoms with Gasteiger partial charge in [-0.1, -0.05) is 18.2 Å². The summed E-state index contributed by atoms with van der Waals surface area (Å²) in [6.45, 7) is 2.29. The van der Waals surface area contributed by atoms with Crippen LogP contribution in [0.15, 0.2) is 24.3 Å². The molecule has 1 N–H and O–H groups in total. The van der Waals surface area contributed by atoms with E-state index in [0.717, 1.165) is 18.7 Å². The van der Waals surface area contributed by atoms with Crippen molar-refractivity contribution in [2.75, 3.05) is 26.7 Å². The summed E-state index contributed by atoms with van der Waals surface area (Å²) in [6, 6.07) is 7.38. The molecule has 1 saturated carbocycles. The van der Waals surface area contributed by atoms with Crippen molar-refractivity contribution in [1.82, 2.24) is 10.2 Å². The van der Waals surface area contributed by atoms with Crippen molar-refractivity contribution in [1.29, 1.82) is 0 Å². The lowest BCUT2D eigenvalue weighted by Gasteiger charge is -2.39. The lowest BCUT2D eigenvalue weighted by Crippen LogP contribution is -2.47. The first kappa shape index (κ1) is 14.9. The molecule has 2 atom stereocenters. The van der Waals surface area contributed by atoms with E-state index in [9.17, 15) is 8.78 Å². The van der Waals surface area contributed by atoms with Crippen LogP contribution >= 0.6 is 0 Å². The number of nitrogens with zero attached hydrogens (tertiary/aromatic N) is 1. The van der Waals surface area contributed by atoms with E-state index >= 15 is 0 Å². The smallest absolute Gasteiger partial charge is 0.263 e. The predicted octanol–water partition coefficient (Wildman–Crippen LogP) is 2.75. The van der Waals surface area contributed by atoms with Gasteiger partial charge in [0.1, 0.15) is 0 Å². The second-order valence-corrected chi connectivity index (χ2v) is 5.99. The van der Waals surface area contributed by atoms with Gasteiger partial charge in [-0.3, -0.25) is 4.90 Å². The molecule has 21 heavy (non-hydrogen) atoms. The zero-order valence-electron chi connectivity index (χ0n) is 12.3. The first-order valence-electron chi connectivity index (χ1n) is 7.58. The second kappa shape index (κ2) is 6.38. The van der Waals surface area contributed by atoms with Crippen LogP contribution in [0.2, 0.25) is 0 Å². The number of alkyl halides is 2. The molecule has 2 aliphatic rings. The Morgan fingerprint density at radius 1 is 1.38 bits per heavy atom. The van der Waals surface area contributed by atoms with Crippen LogP contribution in [0.4, 0.5) is 8.78 Å². The fourth-order valence-corrected chi connectivity index (χ4v) is 2.95. The van der Waals surface area contributed by atoms with Gasteiger partial charge in [0.05, 0.1) is 18.8 Å². The number of nitrogens with one attached hydrogen (secondary N) is 1. The number of halogens is 2. The minimum atomic E-state index is -2.43. The molecule has 0 amide bonds. The number of benzene rings is 1. The van der Waals surface area contributed by atoms with Gasteiger partial charge in [-0.15, -0.1) is 0 Å². The Kier molecular flexibility index (Phi) is 4.52. The molecule has 0 bridgehead atoms. The van der Waals surface area contributed by atoms with E-state index in [1.54, 1.807) is 12.1 Å². The lowest BCUT2D eigenvalue weighted by atomic mass is 9.96. The van der Waals surface area contributed by atoms with Crippen LogP contribution in [0.3, 0.4) is 0 Å². The van der Waals surface area contributed by atoms with Gasteiger partial charge in [-0.25, -0.2) is 8.78 Å². The molecule has 1 heterocycles. The molecule has 0 spiro atoms. The molecule has 3 nitrogen and oxygen atoms in total. The molecule has 0 radical (unpaired) electrons. The highest BCUT2D eigenvalue weighted by atomic mass is 19.3. The minimum absolute atomic E-state index is 0.0114. The maximum atomic E-state index is 12.9. The summed E-state index contributed by atoms with van der Waals surface area (Å²) < 4.78 is 31.7. The van der Waals surface area contributed by atoms with Gasteiger partial charge < -0.3 is 10.1 Å². The van der Waals surface area contributed by atoms with Crippen molar-refractivity contribution in [2.24, 2.45) is 0 Å². The monoisotopic (exact) mass is 296 g/mol. The molecule has 2 unspecified atom stereocenters. The fraction of sp³-hybridized carbons (Fsp3) is 0.625. The van der Waals surface area contributed by atoms with E-state index in [1.165, 1.54) is 18.9 Å². The highest BCUT2D eigenvalue weighted by molar-refractivity contribution is 5.28. The van der Waals surface area contributed by atoms with E-state index in [1.807, 2.05) is 13.1 Å². The molecule has 1 aromatic carbocycles. The van der Waals surface area contributed by atoms with E-state index < -0.39 is 6.43 Å². The van der Waals surface area contributed by atoms with Gasteiger partial charge >= 0.3 is 0 Å². The Bertz CT molecular complexity index is 479. The van der Waals surface area contributed by atoms with E-state index in [4.69, 9.17) is 4.74 Å². The van der Waals surface area contributed by atoms with Gasteiger partial charge in [0, 0.05) is 24.7 Å². The topological polar surface area (TPSA) is 24.5 Å². The fourth-order valence-electron chi connectivity index (χ4n) is 2.95. The molecule has 3 rings (SSSR count). The third-order valence-electron chi connectivity index (χ3n) is 4.29. The Morgan fingerprint density at radius 3 is 2.90 bits per heavy atom. The molecule has 2 fully saturated rings.